The molecule has 0 radical (unpaired) electrons. The fourth-order valence-electron chi connectivity index (χ4n) is 3.36. The summed E-state index contributed by atoms with van der Waals surface area (Å²) in [5, 5.41) is 9.90. The molecule has 1 aromatic heterocycles. The van der Waals surface area contributed by atoms with Crippen molar-refractivity contribution in [1.82, 2.24) is 9.88 Å². The molecule has 1 aromatic carbocycles. The predicted octanol–water partition coefficient (Wildman–Crippen LogP) is 4.96. The van der Waals surface area contributed by atoms with E-state index in [1.807, 2.05) is 0 Å². The van der Waals surface area contributed by atoms with E-state index in [9.17, 15) is 18.0 Å². The average Bonchev–Trinajstić information content (AvgIpc) is 2.68. The zero-order valence-electron chi connectivity index (χ0n) is 17.4. The maximum Gasteiger partial charge on any atom is 0.433 e. The highest BCUT2D eigenvalue weighted by molar-refractivity contribution is 6.31. The third kappa shape index (κ3) is 7.74. The van der Waals surface area contributed by atoms with Crippen LogP contribution in [0, 0.1) is 0 Å². The van der Waals surface area contributed by atoms with Gasteiger partial charge in [-0.2, -0.15) is 13.2 Å². The van der Waals surface area contributed by atoms with Gasteiger partial charge >= 0.3 is 12.2 Å². The van der Waals surface area contributed by atoms with Crippen LogP contribution in [-0.4, -0.2) is 39.7 Å². The number of amides is 2. The first-order valence-corrected chi connectivity index (χ1v) is 10.5. The number of alkyl halides is 3. The summed E-state index contributed by atoms with van der Waals surface area (Å²) in [6, 6.07) is 4.71. The Morgan fingerprint density at radius 3 is 2.03 bits per heavy atom. The molecule has 2 aliphatic rings. The van der Waals surface area contributed by atoms with Crippen molar-refractivity contribution < 1.29 is 23.1 Å². The fourth-order valence-corrected chi connectivity index (χ4v) is 3.53. The highest BCUT2D eigenvalue weighted by atomic mass is 35.5. The number of carbonyl (C=O) groups excluding carboxylic acids is 1. The van der Waals surface area contributed by atoms with Crippen molar-refractivity contribution in [2.75, 3.05) is 18.8 Å². The lowest BCUT2D eigenvalue weighted by atomic mass is 9.98. The average molecular weight is 461 g/mol. The number of hydrogen-bond acceptors (Lipinski definition) is 4. The standard InChI is InChI=1S/C10H6ClF3N2.C6H12.C5H10N2O2/c11-5-1-2-8-6(3-5)7(15)4-9(16-8)10(12,13)14;1-2-4-6-5-3-1;1-5(9)2-7(3-5)4(6)8/h1-4H,(H2,15,16);1-6H2;9H,2-3H2,1H3,(H2,6,8). The van der Waals surface area contributed by atoms with Crippen LogP contribution in [-0.2, 0) is 6.18 Å². The highest BCUT2D eigenvalue weighted by Crippen LogP contribution is 2.32. The summed E-state index contributed by atoms with van der Waals surface area (Å²) in [7, 11) is 0. The Morgan fingerprint density at radius 1 is 1.13 bits per heavy atom. The molecule has 0 bridgehead atoms. The Labute approximate surface area is 184 Å². The first-order valence-electron chi connectivity index (χ1n) is 10.1. The van der Waals surface area contributed by atoms with E-state index in [-0.39, 0.29) is 11.2 Å². The van der Waals surface area contributed by atoms with Crippen LogP contribution >= 0.6 is 11.6 Å². The molecule has 0 spiro atoms. The summed E-state index contributed by atoms with van der Waals surface area (Å²) in [6.07, 6.45) is 4.50. The van der Waals surface area contributed by atoms with E-state index in [0.717, 1.165) is 6.07 Å². The number of aromatic nitrogens is 1. The lowest BCUT2D eigenvalue weighted by Gasteiger charge is -2.42. The van der Waals surface area contributed by atoms with Crippen molar-refractivity contribution >= 4 is 34.2 Å². The quantitative estimate of drug-likeness (QED) is 0.516. The largest absolute Gasteiger partial charge is 0.433 e. The van der Waals surface area contributed by atoms with Crippen LogP contribution < -0.4 is 11.5 Å². The summed E-state index contributed by atoms with van der Waals surface area (Å²) in [5.74, 6) is 0. The van der Waals surface area contributed by atoms with Crippen molar-refractivity contribution in [1.29, 1.82) is 0 Å². The second kappa shape index (κ2) is 10.4. The number of rotatable bonds is 0. The van der Waals surface area contributed by atoms with Crippen molar-refractivity contribution in [3.8, 4) is 0 Å². The predicted molar refractivity (Wildman–Crippen MR) is 116 cm³/mol. The first-order chi connectivity index (χ1) is 14.4. The molecule has 0 unspecified atom stereocenters. The van der Waals surface area contributed by atoms with E-state index in [2.05, 4.69) is 4.98 Å². The van der Waals surface area contributed by atoms with Gasteiger partial charge in [-0.25, -0.2) is 9.78 Å². The number of nitrogens with two attached hydrogens (primary N) is 2. The maximum absolute atomic E-state index is 12.4. The van der Waals surface area contributed by atoms with Crippen LogP contribution in [0.1, 0.15) is 51.1 Å². The van der Waals surface area contributed by atoms with Gasteiger partial charge in [0, 0.05) is 16.1 Å². The Balaban J connectivity index is 0.000000190. The zero-order chi connectivity index (χ0) is 23.2. The SMILES string of the molecule is C1CCCCC1.CC1(O)CN(C(N)=O)C1.Nc1cc(C(F)(F)F)nc2ccc(Cl)cc12. The van der Waals surface area contributed by atoms with Gasteiger partial charge in [0.2, 0.25) is 0 Å². The number of fused-ring (bicyclic) bond motifs is 1. The van der Waals surface area contributed by atoms with Crippen LogP contribution in [0.3, 0.4) is 0 Å². The van der Waals surface area contributed by atoms with E-state index >= 15 is 0 Å². The number of aliphatic hydroxyl groups is 1. The van der Waals surface area contributed by atoms with Crippen molar-refractivity contribution in [2.24, 2.45) is 5.73 Å². The van der Waals surface area contributed by atoms with E-state index in [4.69, 9.17) is 28.2 Å². The van der Waals surface area contributed by atoms with Gasteiger partial charge in [0.1, 0.15) is 5.69 Å². The molecule has 172 valence electrons. The van der Waals surface area contributed by atoms with Crippen molar-refractivity contribution in [3.05, 3.63) is 35.0 Å². The van der Waals surface area contributed by atoms with Gasteiger partial charge in [-0.15, -0.1) is 0 Å². The number of β-amino-alcohol motifs (C(OH)–C–C–N with tert-alkyl or cyclic N) is 1. The number of hydrogen-bond donors (Lipinski definition) is 3. The van der Waals surface area contributed by atoms with E-state index in [0.29, 0.717) is 23.5 Å². The molecule has 1 saturated carbocycles. The van der Waals surface area contributed by atoms with E-state index < -0.39 is 23.5 Å². The Bertz CT molecular complexity index is 883. The summed E-state index contributed by atoms with van der Waals surface area (Å²) in [4.78, 5) is 15.2. The minimum absolute atomic E-state index is 0.0137. The molecule has 2 fully saturated rings. The molecular formula is C21H28ClF3N4O2. The van der Waals surface area contributed by atoms with Crippen LogP contribution in [0.25, 0.3) is 10.9 Å². The zero-order valence-corrected chi connectivity index (χ0v) is 18.1. The maximum atomic E-state index is 12.4. The second-order valence-corrected chi connectivity index (χ2v) is 8.50. The lowest BCUT2D eigenvalue weighted by molar-refractivity contribution is -0.140. The monoisotopic (exact) mass is 460 g/mol. The minimum atomic E-state index is -4.50. The topological polar surface area (TPSA) is 105 Å². The smallest absolute Gasteiger partial charge is 0.398 e. The van der Waals surface area contributed by atoms with Crippen LogP contribution in [0.5, 0.6) is 0 Å². The van der Waals surface area contributed by atoms with Crippen molar-refractivity contribution in [3.63, 3.8) is 0 Å². The molecule has 0 atom stereocenters. The summed E-state index contributed by atoms with van der Waals surface area (Å²) >= 11 is 5.71. The van der Waals surface area contributed by atoms with Gasteiger partial charge in [0.05, 0.1) is 24.2 Å². The van der Waals surface area contributed by atoms with Gasteiger partial charge in [-0.05, 0) is 31.2 Å². The third-order valence-corrected chi connectivity index (χ3v) is 5.20. The normalized spacial score (nSPS) is 17.5. The molecule has 1 aliphatic carbocycles. The molecule has 31 heavy (non-hydrogen) atoms. The van der Waals surface area contributed by atoms with E-state index in [1.54, 1.807) is 6.92 Å². The number of likely N-dealkylation sites (tertiary alicyclic amines) is 1. The molecule has 5 N–H and O–H groups in total. The summed E-state index contributed by atoms with van der Waals surface area (Å²) < 4.78 is 37.3. The molecule has 4 rings (SSSR count). The number of nitrogen functional groups attached to an aromatic ring is 1. The minimum Gasteiger partial charge on any atom is -0.398 e. The molecule has 10 heteroatoms. The third-order valence-electron chi connectivity index (χ3n) is 4.97. The van der Waals surface area contributed by atoms with Gasteiger partial charge < -0.3 is 21.5 Å². The Morgan fingerprint density at radius 2 is 1.65 bits per heavy atom. The lowest BCUT2D eigenvalue weighted by Crippen LogP contribution is -2.63. The summed E-state index contributed by atoms with van der Waals surface area (Å²) in [6.45, 7) is 2.40. The molecule has 1 aliphatic heterocycles. The van der Waals surface area contributed by atoms with Gasteiger partial charge in [0.25, 0.3) is 0 Å². The highest BCUT2D eigenvalue weighted by Gasteiger charge is 2.38. The van der Waals surface area contributed by atoms with Gasteiger partial charge in [-0.3, -0.25) is 0 Å². The number of benzene rings is 1. The van der Waals surface area contributed by atoms with Crippen LogP contribution in [0.2, 0.25) is 5.02 Å². The number of nitrogens with zero attached hydrogens (tertiary/aromatic N) is 2. The fraction of sp³-hybridized carbons (Fsp3) is 0.524. The van der Waals surface area contributed by atoms with Crippen LogP contribution in [0.15, 0.2) is 24.3 Å². The number of halogens is 4. The molecule has 2 amide bonds. The number of urea groups is 1. The molecule has 2 heterocycles. The van der Waals surface area contributed by atoms with Crippen molar-refractivity contribution in [2.45, 2.75) is 57.2 Å². The second-order valence-electron chi connectivity index (χ2n) is 8.07. The first kappa shape index (κ1) is 25.0. The Kier molecular flexibility index (Phi) is 8.36. The molecule has 2 aromatic rings. The van der Waals surface area contributed by atoms with Crippen LogP contribution in [0.4, 0.5) is 23.7 Å². The molecule has 1 saturated heterocycles. The Hall–Kier alpha value is -2.26. The van der Waals surface area contributed by atoms with Gasteiger partial charge in [0.15, 0.2) is 0 Å². The van der Waals surface area contributed by atoms with E-state index in [1.165, 1.54) is 61.6 Å². The number of anilines is 1. The molecular weight excluding hydrogens is 433 g/mol. The summed E-state index contributed by atoms with van der Waals surface area (Å²) in [5.41, 5.74) is 8.91. The van der Waals surface area contributed by atoms with Gasteiger partial charge in [-0.1, -0.05) is 50.1 Å². The molecule has 6 nitrogen and oxygen atoms in total. The number of pyridine rings is 1. The number of carbonyl (C=O) groups is 1. The number of primary amides is 1.